The molecular formula is C21H22N2O6S. The van der Waals surface area contributed by atoms with Gasteiger partial charge in [-0.2, -0.15) is 4.31 Å². The monoisotopic (exact) mass is 430 g/mol. The van der Waals surface area contributed by atoms with Gasteiger partial charge < -0.3 is 19.1 Å². The molecule has 1 amide bonds. The van der Waals surface area contributed by atoms with E-state index in [-0.39, 0.29) is 30.7 Å². The average molecular weight is 430 g/mol. The summed E-state index contributed by atoms with van der Waals surface area (Å²) in [4.78, 5) is 14.4. The van der Waals surface area contributed by atoms with Gasteiger partial charge in [-0.3, -0.25) is 4.79 Å². The van der Waals surface area contributed by atoms with Crippen LogP contribution in [-0.4, -0.2) is 63.6 Å². The number of nitrogens with zero attached hydrogens (tertiary/aromatic N) is 2. The van der Waals surface area contributed by atoms with E-state index >= 15 is 0 Å². The number of fused-ring (bicyclic) bond motifs is 1. The zero-order valence-corrected chi connectivity index (χ0v) is 17.3. The van der Waals surface area contributed by atoms with E-state index in [0.29, 0.717) is 30.3 Å². The van der Waals surface area contributed by atoms with E-state index < -0.39 is 10.0 Å². The molecule has 9 heteroatoms. The zero-order chi connectivity index (χ0) is 21.1. The highest BCUT2D eigenvalue weighted by Crippen LogP contribution is 2.32. The van der Waals surface area contributed by atoms with Gasteiger partial charge in [-0.05, 0) is 48.0 Å². The molecule has 0 radical (unpaired) electrons. The Bertz CT molecular complexity index is 1060. The number of methoxy groups -OCH3 is 1. The molecule has 2 aliphatic rings. The van der Waals surface area contributed by atoms with Gasteiger partial charge in [-0.1, -0.05) is 6.07 Å². The van der Waals surface area contributed by atoms with Crippen molar-refractivity contribution in [2.45, 2.75) is 4.90 Å². The summed E-state index contributed by atoms with van der Waals surface area (Å²) in [6, 6.07) is 11.7. The number of sulfonamides is 1. The Morgan fingerprint density at radius 2 is 1.70 bits per heavy atom. The third-order valence-corrected chi connectivity index (χ3v) is 6.98. The summed E-state index contributed by atoms with van der Waals surface area (Å²) in [6.45, 7) is 1.36. The van der Waals surface area contributed by atoms with Crippen LogP contribution in [0.5, 0.6) is 17.2 Å². The molecule has 2 aromatic carbocycles. The smallest absolute Gasteiger partial charge is 0.246 e. The van der Waals surface area contributed by atoms with E-state index in [2.05, 4.69) is 0 Å². The number of rotatable bonds is 5. The van der Waals surface area contributed by atoms with Crippen molar-refractivity contribution in [1.82, 2.24) is 9.21 Å². The Hall–Kier alpha value is -3.04. The van der Waals surface area contributed by atoms with Gasteiger partial charge in [-0.15, -0.1) is 0 Å². The molecule has 0 aliphatic carbocycles. The van der Waals surface area contributed by atoms with Crippen LogP contribution in [0.1, 0.15) is 5.56 Å². The van der Waals surface area contributed by atoms with E-state index in [1.165, 1.54) is 29.6 Å². The molecule has 0 N–H and O–H groups in total. The molecule has 1 saturated heterocycles. The Morgan fingerprint density at radius 3 is 2.40 bits per heavy atom. The van der Waals surface area contributed by atoms with E-state index in [4.69, 9.17) is 14.2 Å². The summed E-state index contributed by atoms with van der Waals surface area (Å²) in [5.74, 6) is 1.78. The van der Waals surface area contributed by atoms with Crippen molar-refractivity contribution < 1.29 is 27.4 Å². The number of carbonyl (C=O) groups is 1. The van der Waals surface area contributed by atoms with E-state index in [1.807, 2.05) is 12.1 Å². The lowest BCUT2D eigenvalue weighted by atomic mass is 10.2. The van der Waals surface area contributed by atoms with Crippen molar-refractivity contribution in [2.75, 3.05) is 40.1 Å². The number of carbonyl (C=O) groups excluding carboxylic acids is 1. The first-order valence-corrected chi connectivity index (χ1v) is 10.9. The molecule has 158 valence electrons. The van der Waals surface area contributed by atoms with Crippen molar-refractivity contribution in [3.05, 3.63) is 54.1 Å². The standard InChI is InChI=1S/C21H22N2O6S/c1-27-17-4-6-18(7-5-17)30(25,26)23-12-10-22(11-13-23)21(24)9-3-16-2-8-19-20(14-16)29-15-28-19/h2-9,14H,10-13,15H2,1H3/b9-3+. The molecule has 30 heavy (non-hydrogen) atoms. The van der Waals surface area contributed by atoms with Gasteiger partial charge in [0.05, 0.1) is 12.0 Å². The fraction of sp³-hybridized carbons (Fsp3) is 0.286. The second kappa shape index (κ2) is 8.37. The molecule has 0 spiro atoms. The van der Waals surface area contributed by atoms with E-state index in [1.54, 1.807) is 29.2 Å². The second-order valence-corrected chi connectivity index (χ2v) is 8.79. The van der Waals surface area contributed by atoms with Crippen LogP contribution < -0.4 is 14.2 Å². The van der Waals surface area contributed by atoms with Crippen molar-refractivity contribution in [3.8, 4) is 17.2 Å². The second-order valence-electron chi connectivity index (χ2n) is 6.85. The predicted octanol–water partition coefficient (Wildman–Crippen LogP) is 1.97. The van der Waals surface area contributed by atoms with Crippen molar-refractivity contribution in [3.63, 3.8) is 0 Å². The Balaban J connectivity index is 1.36. The maximum atomic E-state index is 12.8. The van der Waals surface area contributed by atoms with E-state index in [0.717, 1.165) is 5.56 Å². The predicted molar refractivity (Wildman–Crippen MR) is 110 cm³/mol. The Kier molecular flexibility index (Phi) is 5.65. The van der Waals surface area contributed by atoms with E-state index in [9.17, 15) is 13.2 Å². The van der Waals surface area contributed by atoms with Gasteiger partial charge in [0.1, 0.15) is 5.75 Å². The first kappa shape index (κ1) is 20.2. The van der Waals surface area contributed by atoms with Crippen LogP contribution in [-0.2, 0) is 14.8 Å². The van der Waals surface area contributed by atoms with Gasteiger partial charge in [0, 0.05) is 32.3 Å². The number of benzene rings is 2. The largest absolute Gasteiger partial charge is 0.497 e. The number of hydrogen-bond acceptors (Lipinski definition) is 6. The van der Waals surface area contributed by atoms with Gasteiger partial charge >= 0.3 is 0 Å². The van der Waals surface area contributed by atoms with Crippen LogP contribution in [0.4, 0.5) is 0 Å². The molecular weight excluding hydrogens is 408 g/mol. The molecule has 8 nitrogen and oxygen atoms in total. The minimum Gasteiger partial charge on any atom is -0.497 e. The highest BCUT2D eigenvalue weighted by molar-refractivity contribution is 7.89. The number of amides is 1. The Labute approximate surface area is 175 Å². The average Bonchev–Trinajstić information content (AvgIpc) is 3.25. The van der Waals surface area contributed by atoms with Gasteiger partial charge in [0.25, 0.3) is 0 Å². The molecule has 0 aromatic heterocycles. The summed E-state index contributed by atoms with van der Waals surface area (Å²) in [6.07, 6.45) is 3.20. The lowest BCUT2D eigenvalue weighted by Crippen LogP contribution is -2.50. The fourth-order valence-electron chi connectivity index (χ4n) is 3.34. The molecule has 2 aromatic rings. The first-order chi connectivity index (χ1) is 14.5. The van der Waals surface area contributed by atoms with Gasteiger partial charge in [0.15, 0.2) is 11.5 Å². The fourth-order valence-corrected chi connectivity index (χ4v) is 4.76. The molecule has 2 heterocycles. The minimum atomic E-state index is -3.60. The van der Waals surface area contributed by atoms with Crippen molar-refractivity contribution in [2.24, 2.45) is 0 Å². The van der Waals surface area contributed by atoms with Crippen molar-refractivity contribution >= 4 is 22.0 Å². The summed E-state index contributed by atoms with van der Waals surface area (Å²) in [5.41, 5.74) is 0.827. The molecule has 2 aliphatic heterocycles. The van der Waals surface area contributed by atoms with Gasteiger partial charge in [-0.25, -0.2) is 8.42 Å². The number of ether oxygens (including phenoxy) is 3. The third-order valence-electron chi connectivity index (χ3n) is 5.06. The molecule has 4 rings (SSSR count). The van der Waals surface area contributed by atoms with Crippen LogP contribution in [0.15, 0.2) is 53.4 Å². The first-order valence-electron chi connectivity index (χ1n) is 9.48. The van der Waals surface area contributed by atoms with Gasteiger partial charge in [0.2, 0.25) is 22.7 Å². The number of piperazine rings is 1. The van der Waals surface area contributed by atoms with Crippen LogP contribution in [0.25, 0.3) is 6.08 Å². The lowest BCUT2D eigenvalue weighted by Gasteiger charge is -2.33. The summed E-state index contributed by atoms with van der Waals surface area (Å²) in [7, 11) is -2.07. The molecule has 0 saturated carbocycles. The Morgan fingerprint density at radius 1 is 1.00 bits per heavy atom. The highest BCUT2D eigenvalue weighted by atomic mass is 32.2. The normalized spacial score (nSPS) is 16.8. The molecule has 0 bridgehead atoms. The number of hydrogen-bond donors (Lipinski definition) is 0. The zero-order valence-electron chi connectivity index (χ0n) is 16.5. The lowest BCUT2D eigenvalue weighted by molar-refractivity contribution is -0.127. The molecule has 0 atom stereocenters. The topological polar surface area (TPSA) is 85.4 Å². The summed E-state index contributed by atoms with van der Waals surface area (Å²) < 4.78 is 42.7. The summed E-state index contributed by atoms with van der Waals surface area (Å²) >= 11 is 0. The quantitative estimate of drug-likeness (QED) is 0.675. The molecule has 0 unspecified atom stereocenters. The maximum absolute atomic E-state index is 12.8. The van der Waals surface area contributed by atoms with Crippen LogP contribution in [0.2, 0.25) is 0 Å². The molecule has 1 fully saturated rings. The van der Waals surface area contributed by atoms with Crippen LogP contribution >= 0.6 is 0 Å². The highest BCUT2D eigenvalue weighted by Gasteiger charge is 2.29. The summed E-state index contributed by atoms with van der Waals surface area (Å²) in [5, 5.41) is 0. The minimum absolute atomic E-state index is 0.158. The third kappa shape index (κ3) is 4.12. The van der Waals surface area contributed by atoms with Crippen molar-refractivity contribution in [1.29, 1.82) is 0 Å². The van der Waals surface area contributed by atoms with Crippen LogP contribution in [0, 0.1) is 0 Å². The maximum Gasteiger partial charge on any atom is 0.246 e. The van der Waals surface area contributed by atoms with Crippen LogP contribution in [0.3, 0.4) is 0 Å². The SMILES string of the molecule is COc1ccc(S(=O)(=O)N2CCN(C(=O)/C=C/c3ccc4c(c3)OCO4)CC2)cc1.